The van der Waals surface area contributed by atoms with E-state index in [4.69, 9.17) is 16.9 Å². The Morgan fingerprint density at radius 1 is 1.15 bits per heavy atom. The number of hydrogen-bond acceptors (Lipinski definition) is 3. The molecule has 0 bridgehead atoms. The normalized spacial score (nSPS) is 10.0. The van der Waals surface area contributed by atoms with Gasteiger partial charge in [-0.05, 0) is 42.3 Å². The van der Waals surface area contributed by atoms with Gasteiger partial charge in [0.2, 0.25) is 11.8 Å². The fourth-order valence-corrected chi connectivity index (χ4v) is 2.59. The number of amides is 2. The Bertz CT molecular complexity index is 813. The number of anilines is 1. The van der Waals surface area contributed by atoms with E-state index in [1.807, 2.05) is 30.3 Å². The van der Waals surface area contributed by atoms with Crippen molar-refractivity contribution in [3.05, 3.63) is 64.7 Å². The molecule has 0 spiro atoms. The third-order valence-electron chi connectivity index (χ3n) is 3.91. The van der Waals surface area contributed by atoms with E-state index in [0.717, 1.165) is 5.56 Å². The van der Waals surface area contributed by atoms with Gasteiger partial charge in [-0.15, -0.1) is 0 Å². The minimum Gasteiger partial charge on any atom is -0.342 e. The minimum absolute atomic E-state index is 0.0711. The maximum atomic E-state index is 12.1. The fraction of sp³-hybridized carbons (Fsp3) is 0.250. The van der Waals surface area contributed by atoms with E-state index in [1.165, 1.54) is 6.92 Å². The molecule has 134 valence electrons. The van der Waals surface area contributed by atoms with Crippen LogP contribution >= 0.6 is 11.6 Å². The van der Waals surface area contributed by atoms with Crippen molar-refractivity contribution in [2.75, 3.05) is 18.4 Å². The molecular formula is C20H20ClN3O2. The molecule has 0 radical (unpaired) electrons. The highest BCUT2D eigenvalue weighted by molar-refractivity contribution is 6.30. The van der Waals surface area contributed by atoms with Gasteiger partial charge in [0.1, 0.15) is 0 Å². The molecule has 2 aromatic carbocycles. The largest absolute Gasteiger partial charge is 0.342 e. The van der Waals surface area contributed by atoms with Crippen molar-refractivity contribution in [3.8, 4) is 6.07 Å². The zero-order valence-electron chi connectivity index (χ0n) is 14.5. The zero-order valence-corrected chi connectivity index (χ0v) is 15.3. The highest BCUT2D eigenvalue weighted by Crippen LogP contribution is 2.12. The van der Waals surface area contributed by atoms with E-state index in [0.29, 0.717) is 35.8 Å². The Labute approximate surface area is 158 Å². The van der Waals surface area contributed by atoms with Crippen molar-refractivity contribution < 1.29 is 9.59 Å². The minimum atomic E-state index is -0.196. The Morgan fingerprint density at radius 2 is 1.88 bits per heavy atom. The monoisotopic (exact) mass is 369 g/mol. The van der Waals surface area contributed by atoms with Gasteiger partial charge >= 0.3 is 0 Å². The van der Waals surface area contributed by atoms with Gasteiger partial charge in [-0.3, -0.25) is 9.59 Å². The van der Waals surface area contributed by atoms with E-state index in [2.05, 4.69) is 5.32 Å². The van der Waals surface area contributed by atoms with Crippen molar-refractivity contribution in [2.45, 2.75) is 19.8 Å². The lowest BCUT2D eigenvalue weighted by atomic mass is 10.1. The second kappa shape index (κ2) is 9.59. The van der Waals surface area contributed by atoms with Gasteiger partial charge in [0.15, 0.2) is 0 Å². The number of benzene rings is 2. The maximum absolute atomic E-state index is 12.1. The fourth-order valence-electron chi connectivity index (χ4n) is 2.47. The summed E-state index contributed by atoms with van der Waals surface area (Å²) in [6.45, 7) is 2.37. The molecule has 0 saturated heterocycles. The van der Waals surface area contributed by atoms with Crippen LogP contribution in [0.2, 0.25) is 5.02 Å². The maximum Gasteiger partial charge on any atom is 0.226 e. The van der Waals surface area contributed by atoms with Crippen molar-refractivity contribution >= 4 is 29.1 Å². The third kappa shape index (κ3) is 6.23. The molecule has 5 nitrogen and oxygen atoms in total. The number of halogens is 1. The summed E-state index contributed by atoms with van der Waals surface area (Å²) in [7, 11) is 0. The van der Waals surface area contributed by atoms with Gasteiger partial charge in [-0.1, -0.05) is 29.8 Å². The highest BCUT2D eigenvalue weighted by Gasteiger charge is 2.12. The van der Waals surface area contributed by atoms with Crippen LogP contribution in [0.15, 0.2) is 48.5 Å². The third-order valence-corrected chi connectivity index (χ3v) is 4.17. The van der Waals surface area contributed by atoms with Crippen LogP contribution in [-0.4, -0.2) is 29.8 Å². The second-order valence-electron chi connectivity index (χ2n) is 5.87. The zero-order chi connectivity index (χ0) is 18.9. The Balaban J connectivity index is 1.85. The Kier molecular flexibility index (Phi) is 7.19. The molecule has 0 aliphatic carbocycles. The summed E-state index contributed by atoms with van der Waals surface area (Å²) in [5.41, 5.74) is 2.14. The first-order chi connectivity index (χ1) is 12.5. The number of rotatable bonds is 7. The summed E-state index contributed by atoms with van der Waals surface area (Å²) in [6, 6.07) is 16.2. The lowest BCUT2D eigenvalue weighted by Crippen LogP contribution is -2.33. The van der Waals surface area contributed by atoms with Crippen LogP contribution in [0.3, 0.4) is 0 Å². The average Bonchev–Trinajstić information content (AvgIpc) is 2.63. The lowest BCUT2D eigenvalue weighted by molar-refractivity contribution is -0.129. The summed E-state index contributed by atoms with van der Waals surface area (Å²) >= 11 is 5.87. The number of nitriles is 1. The molecule has 2 amide bonds. The van der Waals surface area contributed by atoms with Crippen molar-refractivity contribution in [3.63, 3.8) is 0 Å². The van der Waals surface area contributed by atoms with Gasteiger partial charge < -0.3 is 10.2 Å². The average molecular weight is 370 g/mol. The van der Waals surface area contributed by atoms with Crippen LogP contribution < -0.4 is 5.32 Å². The van der Waals surface area contributed by atoms with E-state index in [1.54, 1.807) is 29.2 Å². The number of nitrogens with zero attached hydrogens (tertiary/aromatic N) is 2. The first-order valence-electron chi connectivity index (χ1n) is 8.28. The predicted octanol–water partition coefficient (Wildman–Crippen LogP) is 3.63. The molecule has 1 N–H and O–H groups in total. The smallest absolute Gasteiger partial charge is 0.226 e. The molecule has 0 aliphatic rings. The highest BCUT2D eigenvalue weighted by atomic mass is 35.5. The van der Waals surface area contributed by atoms with Crippen LogP contribution in [0.25, 0.3) is 0 Å². The number of carbonyl (C=O) groups excluding carboxylic acids is 2. The summed E-state index contributed by atoms with van der Waals surface area (Å²) in [5, 5.41) is 12.3. The van der Waals surface area contributed by atoms with Crippen molar-refractivity contribution in [1.29, 1.82) is 5.26 Å². The van der Waals surface area contributed by atoms with E-state index in [-0.39, 0.29) is 18.2 Å². The Hall–Kier alpha value is -2.84. The molecule has 0 fully saturated rings. The van der Waals surface area contributed by atoms with E-state index < -0.39 is 0 Å². The molecular weight excluding hydrogens is 350 g/mol. The molecule has 0 atom stereocenters. The van der Waals surface area contributed by atoms with Gasteiger partial charge in [0.05, 0.1) is 11.6 Å². The van der Waals surface area contributed by atoms with Crippen LogP contribution in [0.4, 0.5) is 5.69 Å². The molecule has 2 aromatic rings. The first-order valence-corrected chi connectivity index (χ1v) is 8.65. The molecule has 0 heterocycles. The number of hydrogen-bond donors (Lipinski definition) is 1. The van der Waals surface area contributed by atoms with E-state index in [9.17, 15) is 9.59 Å². The molecule has 0 aromatic heterocycles. The summed E-state index contributed by atoms with van der Waals surface area (Å²) < 4.78 is 0. The van der Waals surface area contributed by atoms with Crippen molar-refractivity contribution in [2.24, 2.45) is 0 Å². The van der Waals surface area contributed by atoms with Crippen LogP contribution in [0, 0.1) is 11.3 Å². The summed E-state index contributed by atoms with van der Waals surface area (Å²) in [4.78, 5) is 25.6. The van der Waals surface area contributed by atoms with Crippen LogP contribution in [0.5, 0.6) is 0 Å². The molecule has 0 unspecified atom stereocenters. The van der Waals surface area contributed by atoms with E-state index >= 15 is 0 Å². The van der Waals surface area contributed by atoms with Gasteiger partial charge in [0, 0.05) is 37.1 Å². The van der Waals surface area contributed by atoms with Crippen LogP contribution in [0.1, 0.15) is 24.5 Å². The molecule has 6 heteroatoms. The van der Waals surface area contributed by atoms with Gasteiger partial charge in [-0.2, -0.15) is 5.26 Å². The molecule has 0 aliphatic heterocycles. The molecule has 26 heavy (non-hydrogen) atoms. The lowest BCUT2D eigenvalue weighted by Gasteiger charge is -2.21. The SMILES string of the molecule is CC(=O)N(CCC(=O)Nc1cccc(C#N)c1)CCc1ccc(Cl)cc1. The van der Waals surface area contributed by atoms with Gasteiger partial charge in [0.25, 0.3) is 0 Å². The van der Waals surface area contributed by atoms with Crippen LogP contribution in [-0.2, 0) is 16.0 Å². The number of carbonyl (C=O) groups is 2. The Morgan fingerprint density at radius 3 is 2.54 bits per heavy atom. The topological polar surface area (TPSA) is 73.2 Å². The van der Waals surface area contributed by atoms with Crippen molar-refractivity contribution in [1.82, 2.24) is 4.90 Å². The van der Waals surface area contributed by atoms with Gasteiger partial charge in [-0.25, -0.2) is 0 Å². The molecule has 2 rings (SSSR count). The second-order valence-corrected chi connectivity index (χ2v) is 6.31. The summed E-state index contributed by atoms with van der Waals surface area (Å²) in [6.07, 6.45) is 0.888. The molecule has 0 saturated carbocycles. The summed E-state index contributed by atoms with van der Waals surface area (Å²) in [5.74, 6) is -0.268. The standard InChI is InChI=1S/C20H20ClN3O2/c1-15(25)24(11-9-16-5-7-18(21)8-6-16)12-10-20(26)23-19-4-2-3-17(13-19)14-22/h2-8,13H,9-12H2,1H3,(H,23,26). The number of nitrogens with one attached hydrogen (secondary N) is 1. The first kappa shape index (κ1) is 19.5. The predicted molar refractivity (Wildman–Crippen MR) is 102 cm³/mol. The quantitative estimate of drug-likeness (QED) is 0.809.